The van der Waals surface area contributed by atoms with E-state index in [0.717, 1.165) is 4.57 Å². The van der Waals surface area contributed by atoms with Crippen molar-refractivity contribution in [3.05, 3.63) is 32.9 Å². The van der Waals surface area contributed by atoms with Gasteiger partial charge >= 0.3 is 11.7 Å². The molecule has 0 bridgehead atoms. The maximum absolute atomic E-state index is 13.3. The summed E-state index contributed by atoms with van der Waals surface area (Å²) in [5, 5.41) is 9.33. The molecule has 3 atom stereocenters. The second kappa shape index (κ2) is 5.41. The predicted molar refractivity (Wildman–Crippen MR) is 67.0 cm³/mol. The van der Waals surface area contributed by atoms with Crippen LogP contribution in [0.3, 0.4) is 0 Å². The van der Waals surface area contributed by atoms with Crippen LogP contribution in [-0.2, 0) is 14.3 Å². The first kappa shape index (κ1) is 15.4. The minimum Gasteiger partial charge on any atom is -0.469 e. The number of carbonyl (C=O) groups excluding carboxylic acids is 1. The Morgan fingerprint density at radius 1 is 1.67 bits per heavy atom. The molecule has 1 fully saturated rings. The summed E-state index contributed by atoms with van der Waals surface area (Å²) in [5.74, 6) is -1.76. The van der Waals surface area contributed by atoms with Crippen molar-refractivity contribution in [1.82, 2.24) is 9.55 Å². The van der Waals surface area contributed by atoms with E-state index in [1.165, 1.54) is 14.0 Å². The number of aliphatic hydroxyl groups excluding tert-OH is 1. The number of hydrogen-bond acceptors (Lipinski definition) is 6. The number of nitrogens with zero attached hydrogens (tertiary/aromatic N) is 1. The van der Waals surface area contributed by atoms with Gasteiger partial charge in [-0.1, -0.05) is 0 Å². The van der Waals surface area contributed by atoms with Gasteiger partial charge in [0.1, 0.15) is 6.23 Å². The second-order valence-corrected chi connectivity index (χ2v) is 5.02. The number of aromatic nitrogens is 2. The van der Waals surface area contributed by atoms with Crippen molar-refractivity contribution in [2.75, 3.05) is 13.7 Å². The maximum atomic E-state index is 13.3. The zero-order valence-electron chi connectivity index (χ0n) is 11.5. The molecule has 0 aliphatic carbocycles. The number of nitrogens with one attached hydrogen (secondary N) is 1. The molecule has 2 N–H and O–H groups in total. The normalized spacial score (nSPS) is 28.6. The Hall–Kier alpha value is -2.00. The molecular weight excluding hydrogens is 287 g/mol. The molecule has 8 nitrogen and oxygen atoms in total. The van der Waals surface area contributed by atoms with Gasteiger partial charge in [-0.15, -0.1) is 0 Å². The van der Waals surface area contributed by atoms with Gasteiger partial charge < -0.3 is 14.6 Å². The number of ether oxygens (including phenoxy) is 2. The third kappa shape index (κ3) is 2.49. The Balaban J connectivity index is 2.41. The zero-order valence-corrected chi connectivity index (χ0v) is 11.5. The molecule has 9 heteroatoms. The van der Waals surface area contributed by atoms with Crippen LogP contribution in [0.1, 0.15) is 19.6 Å². The van der Waals surface area contributed by atoms with E-state index in [-0.39, 0.29) is 6.42 Å². The van der Waals surface area contributed by atoms with E-state index in [1.54, 1.807) is 4.98 Å². The van der Waals surface area contributed by atoms with Gasteiger partial charge in [-0.05, 0) is 6.92 Å². The molecular formula is C12H15FN2O6. The van der Waals surface area contributed by atoms with Crippen LogP contribution in [0, 0.1) is 11.2 Å². The van der Waals surface area contributed by atoms with Gasteiger partial charge in [0, 0.05) is 6.42 Å². The Morgan fingerprint density at radius 3 is 2.90 bits per heavy atom. The van der Waals surface area contributed by atoms with Crippen molar-refractivity contribution in [3.8, 4) is 0 Å². The first-order valence-electron chi connectivity index (χ1n) is 6.19. The Kier molecular flexibility index (Phi) is 3.97. The monoisotopic (exact) mass is 302 g/mol. The van der Waals surface area contributed by atoms with E-state index >= 15 is 0 Å². The van der Waals surface area contributed by atoms with Crippen molar-refractivity contribution in [1.29, 1.82) is 0 Å². The first-order chi connectivity index (χ1) is 9.83. The van der Waals surface area contributed by atoms with Crippen LogP contribution in [0.4, 0.5) is 4.39 Å². The van der Waals surface area contributed by atoms with Crippen molar-refractivity contribution >= 4 is 5.97 Å². The van der Waals surface area contributed by atoms with Crippen LogP contribution in [0.15, 0.2) is 15.8 Å². The molecule has 2 rings (SSSR count). The summed E-state index contributed by atoms with van der Waals surface area (Å²) in [6.45, 7) is 1.05. The van der Waals surface area contributed by atoms with E-state index in [2.05, 4.69) is 4.74 Å². The van der Waals surface area contributed by atoms with Gasteiger partial charge in [-0.2, -0.15) is 4.39 Å². The fourth-order valence-electron chi connectivity index (χ4n) is 2.41. The van der Waals surface area contributed by atoms with Crippen LogP contribution in [0.25, 0.3) is 0 Å². The number of methoxy groups -OCH3 is 1. The summed E-state index contributed by atoms with van der Waals surface area (Å²) < 4.78 is 24.3. The number of carbonyl (C=O) groups is 1. The molecule has 0 aromatic carbocycles. The quantitative estimate of drug-likeness (QED) is 0.703. The van der Waals surface area contributed by atoms with Crippen LogP contribution < -0.4 is 11.2 Å². The van der Waals surface area contributed by atoms with Crippen molar-refractivity contribution in [2.24, 2.45) is 5.41 Å². The zero-order chi connectivity index (χ0) is 15.8. The van der Waals surface area contributed by atoms with E-state index in [1.807, 2.05) is 0 Å². The summed E-state index contributed by atoms with van der Waals surface area (Å²) >= 11 is 0. The molecule has 116 valence electrons. The summed E-state index contributed by atoms with van der Waals surface area (Å²) in [4.78, 5) is 36.4. The smallest absolute Gasteiger partial charge is 0.330 e. The summed E-state index contributed by atoms with van der Waals surface area (Å²) in [5.41, 5.74) is -3.18. The van der Waals surface area contributed by atoms with E-state index < -0.39 is 47.4 Å². The van der Waals surface area contributed by atoms with E-state index in [4.69, 9.17) is 4.74 Å². The lowest BCUT2D eigenvalue weighted by molar-refractivity contribution is -0.156. The second-order valence-electron chi connectivity index (χ2n) is 5.02. The molecule has 0 spiro atoms. The highest BCUT2D eigenvalue weighted by Crippen LogP contribution is 2.43. The Morgan fingerprint density at radius 2 is 2.33 bits per heavy atom. The van der Waals surface area contributed by atoms with Crippen LogP contribution in [0.2, 0.25) is 0 Å². The highest BCUT2D eigenvalue weighted by molar-refractivity contribution is 5.77. The number of rotatable bonds is 3. The number of aliphatic hydroxyl groups is 1. The van der Waals surface area contributed by atoms with Gasteiger partial charge in [0.2, 0.25) is 5.82 Å². The summed E-state index contributed by atoms with van der Waals surface area (Å²) in [6.07, 6.45) is -1.19. The minimum atomic E-state index is -1.18. The molecule has 2 heterocycles. The van der Waals surface area contributed by atoms with Crippen molar-refractivity contribution in [3.63, 3.8) is 0 Å². The topological polar surface area (TPSA) is 111 Å². The molecule has 1 aliphatic heterocycles. The molecule has 1 aliphatic rings. The highest BCUT2D eigenvalue weighted by atomic mass is 19.1. The number of aromatic amines is 1. The maximum Gasteiger partial charge on any atom is 0.330 e. The predicted octanol–water partition coefficient (Wildman–Crippen LogP) is -0.865. The lowest BCUT2D eigenvalue weighted by Gasteiger charge is -2.24. The third-order valence-electron chi connectivity index (χ3n) is 3.68. The molecule has 21 heavy (non-hydrogen) atoms. The average molecular weight is 302 g/mol. The highest BCUT2D eigenvalue weighted by Gasteiger charge is 2.52. The summed E-state index contributed by atoms with van der Waals surface area (Å²) in [7, 11) is 1.20. The van der Waals surface area contributed by atoms with Crippen LogP contribution in [0.5, 0.6) is 0 Å². The van der Waals surface area contributed by atoms with Gasteiger partial charge in [-0.3, -0.25) is 19.1 Å². The fourth-order valence-corrected chi connectivity index (χ4v) is 2.41. The average Bonchev–Trinajstić information content (AvgIpc) is 2.80. The molecule has 1 saturated heterocycles. The Labute approximate surface area is 118 Å². The van der Waals surface area contributed by atoms with Crippen LogP contribution in [-0.4, -0.2) is 40.4 Å². The van der Waals surface area contributed by atoms with Gasteiger partial charge in [-0.25, -0.2) is 4.79 Å². The van der Waals surface area contributed by atoms with Gasteiger partial charge in [0.25, 0.3) is 5.56 Å². The molecule has 0 unspecified atom stereocenters. The van der Waals surface area contributed by atoms with Crippen molar-refractivity contribution in [2.45, 2.75) is 25.7 Å². The first-order valence-corrected chi connectivity index (χ1v) is 6.19. The standard InChI is InChI=1S/C12H15FN2O6/c1-12(10(18)20-2)3-8(21-7(12)5-16)15-4-6(13)9(17)14-11(15)19/h4,7-8,16H,3,5H2,1-2H3,(H,14,17,19)/t7-,8-,12-/m1/s1. The van der Waals surface area contributed by atoms with Gasteiger partial charge in [0.05, 0.1) is 31.4 Å². The largest absolute Gasteiger partial charge is 0.469 e. The SMILES string of the molecule is COC(=O)[C@]1(C)C[C@H](n2cc(F)c(=O)[nH]c2=O)O[C@@H]1CO. The number of esters is 1. The molecule has 1 aromatic heterocycles. The lowest BCUT2D eigenvalue weighted by atomic mass is 9.83. The van der Waals surface area contributed by atoms with E-state index in [9.17, 15) is 23.9 Å². The van der Waals surface area contributed by atoms with Gasteiger partial charge in [0.15, 0.2) is 0 Å². The molecule has 1 aromatic rings. The lowest BCUT2D eigenvalue weighted by Crippen LogP contribution is -2.39. The number of H-pyrrole nitrogens is 1. The fraction of sp³-hybridized carbons (Fsp3) is 0.583. The Bertz CT molecular complexity index is 668. The summed E-state index contributed by atoms with van der Waals surface area (Å²) in [6, 6.07) is 0. The molecule has 0 radical (unpaired) electrons. The van der Waals surface area contributed by atoms with Crippen molar-refractivity contribution < 1.29 is 23.8 Å². The minimum absolute atomic E-state index is 0.00368. The van der Waals surface area contributed by atoms with Crippen LogP contribution >= 0.6 is 0 Å². The number of hydrogen-bond donors (Lipinski definition) is 2. The molecule has 0 amide bonds. The van der Waals surface area contributed by atoms with E-state index in [0.29, 0.717) is 6.20 Å². The molecule has 0 saturated carbocycles. The third-order valence-corrected chi connectivity index (χ3v) is 3.68. The number of halogens is 1.